The molecular formula is C14H14BrFN2O. The Labute approximate surface area is 120 Å². The molecule has 0 aliphatic rings. The maximum atomic E-state index is 13.1. The monoisotopic (exact) mass is 324 g/mol. The largest absolute Gasteiger partial charge is 0.351 e. The lowest BCUT2D eigenvalue weighted by molar-refractivity contribution is -0.117. The molecule has 100 valence electrons. The molecular weight excluding hydrogens is 311 g/mol. The SMILES string of the molecule is CCCCNC(=O)C(C#N)=Cc1ccc(F)c(Br)c1. The normalized spacial score (nSPS) is 10.9. The summed E-state index contributed by atoms with van der Waals surface area (Å²) >= 11 is 3.06. The molecule has 0 heterocycles. The number of benzene rings is 1. The van der Waals surface area contributed by atoms with Gasteiger partial charge in [-0.05, 0) is 46.1 Å². The number of unbranched alkanes of at least 4 members (excludes halogenated alkanes) is 1. The van der Waals surface area contributed by atoms with Crippen LogP contribution in [0.5, 0.6) is 0 Å². The van der Waals surface area contributed by atoms with Crippen LogP contribution in [-0.4, -0.2) is 12.5 Å². The van der Waals surface area contributed by atoms with Crippen LogP contribution in [0.4, 0.5) is 4.39 Å². The number of hydrogen-bond acceptors (Lipinski definition) is 2. The molecule has 0 saturated carbocycles. The van der Waals surface area contributed by atoms with Crippen LogP contribution in [0.25, 0.3) is 6.08 Å². The zero-order valence-corrected chi connectivity index (χ0v) is 12.1. The second-order valence-corrected chi connectivity index (χ2v) is 4.81. The zero-order chi connectivity index (χ0) is 14.3. The predicted octanol–water partition coefficient (Wildman–Crippen LogP) is 3.41. The predicted molar refractivity (Wildman–Crippen MR) is 75.6 cm³/mol. The van der Waals surface area contributed by atoms with Crippen LogP contribution in [0.2, 0.25) is 0 Å². The summed E-state index contributed by atoms with van der Waals surface area (Å²) in [4.78, 5) is 11.7. The maximum Gasteiger partial charge on any atom is 0.261 e. The van der Waals surface area contributed by atoms with Gasteiger partial charge in [-0.1, -0.05) is 19.4 Å². The third-order valence-electron chi connectivity index (χ3n) is 2.44. The third kappa shape index (κ3) is 4.84. The first-order chi connectivity index (χ1) is 9.08. The molecule has 1 amide bonds. The summed E-state index contributed by atoms with van der Waals surface area (Å²) in [6.45, 7) is 2.56. The van der Waals surface area contributed by atoms with E-state index in [1.54, 1.807) is 0 Å². The van der Waals surface area contributed by atoms with Crippen LogP contribution in [0, 0.1) is 17.1 Å². The number of carbonyl (C=O) groups excluding carboxylic acids is 1. The van der Waals surface area contributed by atoms with Crippen molar-refractivity contribution in [2.24, 2.45) is 0 Å². The number of halogens is 2. The van der Waals surface area contributed by atoms with Gasteiger partial charge in [-0.15, -0.1) is 0 Å². The molecule has 0 saturated heterocycles. The fourth-order valence-electron chi connectivity index (χ4n) is 1.39. The van der Waals surface area contributed by atoms with Gasteiger partial charge in [0.2, 0.25) is 0 Å². The summed E-state index contributed by atoms with van der Waals surface area (Å²) in [7, 11) is 0. The highest BCUT2D eigenvalue weighted by molar-refractivity contribution is 9.10. The molecule has 1 N–H and O–H groups in total. The molecule has 0 radical (unpaired) electrons. The Morgan fingerprint density at radius 3 is 2.89 bits per heavy atom. The molecule has 1 rings (SSSR count). The second-order valence-electron chi connectivity index (χ2n) is 3.95. The van der Waals surface area contributed by atoms with Crippen molar-refractivity contribution in [3.63, 3.8) is 0 Å². The lowest BCUT2D eigenvalue weighted by Crippen LogP contribution is -2.25. The van der Waals surface area contributed by atoms with Gasteiger partial charge < -0.3 is 5.32 Å². The van der Waals surface area contributed by atoms with Crippen LogP contribution < -0.4 is 5.32 Å². The number of hydrogen-bond donors (Lipinski definition) is 1. The molecule has 0 spiro atoms. The Balaban J connectivity index is 2.84. The molecule has 1 aromatic carbocycles. The van der Waals surface area contributed by atoms with Crippen LogP contribution in [-0.2, 0) is 4.79 Å². The molecule has 0 unspecified atom stereocenters. The van der Waals surface area contributed by atoms with Gasteiger partial charge in [0.1, 0.15) is 17.5 Å². The molecule has 0 aliphatic carbocycles. The highest BCUT2D eigenvalue weighted by atomic mass is 79.9. The van der Waals surface area contributed by atoms with E-state index in [9.17, 15) is 9.18 Å². The van der Waals surface area contributed by atoms with Crippen molar-refractivity contribution in [3.8, 4) is 6.07 Å². The van der Waals surface area contributed by atoms with Crippen molar-refractivity contribution < 1.29 is 9.18 Å². The maximum absolute atomic E-state index is 13.1. The van der Waals surface area contributed by atoms with E-state index in [1.807, 2.05) is 13.0 Å². The van der Waals surface area contributed by atoms with E-state index in [4.69, 9.17) is 5.26 Å². The summed E-state index contributed by atoms with van der Waals surface area (Å²) in [5.41, 5.74) is 0.602. The van der Waals surface area contributed by atoms with Crippen molar-refractivity contribution in [3.05, 3.63) is 39.6 Å². The van der Waals surface area contributed by atoms with Crippen molar-refractivity contribution in [2.75, 3.05) is 6.54 Å². The molecule has 0 atom stereocenters. The summed E-state index contributed by atoms with van der Waals surface area (Å²) in [5, 5.41) is 11.6. The Morgan fingerprint density at radius 1 is 1.58 bits per heavy atom. The van der Waals surface area contributed by atoms with E-state index >= 15 is 0 Å². The molecule has 5 heteroatoms. The van der Waals surface area contributed by atoms with Gasteiger partial charge in [-0.3, -0.25) is 4.79 Å². The Bertz CT molecular complexity index is 535. The molecule has 1 aromatic rings. The Kier molecular flexibility index (Phi) is 6.23. The number of nitrogens with zero attached hydrogens (tertiary/aromatic N) is 1. The minimum atomic E-state index is -0.406. The highest BCUT2D eigenvalue weighted by Gasteiger charge is 2.08. The van der Waals surface area contributed by atoms with Crippen molar-refractivity contribution >= 4 is 27.9 Å². The van der Waals surface area contributed by atoms with Crippen molar-refractivity contribution in [1.29, 1.82) is 5.26 Å². The molecule has 3 nitrogen and oxygen atoms in total. The van der Waals surface area contributed by atoms with Crippen LogP contribution >= 0.6 is 15.9 Å². The van der Waals surface area contributed by atoms with Crippen molar-refractivity contribution in [2.45, 2.75) is 19.8 Å². The minimum absolute atomic E-state index is 0.00890. The quantitative estimate of drug-likeness (QED) is 0.512. The average molecular weight is 325 g/mol. The van der Waals surface area contributed by atoms with Gasteiger partial charge in [-0.25, -0.2) is 4.39 Å². The van der Waals surface area contributed by atoms with E-state index < -0.39 is 5.91 Å². The molecule has 0 fully saturated rings. The van der Waals surface area contributed by atoms with E-state index in [0.717, 1.165) is 12.8 Å². The third-order valence-corrected chi connectivity index (χ3v) is 3.04. The highest BCUT2D eigenvalue weighted by Crippen LogP contribution is 2.18. The summed E-state index contributed by atoms with van der Waals surface area (Å²) in [6.07, 6.45) is 3.27. The van der Waals surface area contributed by atoms with E-state index in [2.05, 4.69) is 21.2 Å². The second kappa shape index (κ2) is 7.70. The lowest BCUT2D eigenvalue weighted by Gasteiger charge is -2.03. The van der Waals surface area contributed by atoms with Crippen LogP contribution in [0.3, 0.4) is 0 Å². The molecule has 0 aromatic heterocycles. The Hall–Kier alpha value is -1.67. The smallest absolute Gasteiger partial charge is 0.261 e. The summed E-state index contributed by atoms with van der Waals surface area (Å²) in [5.74, 6) is -0.792. The summed E-state index contributed by atoms with van der Waals surface area (Å²) < 4.78 is 13.4. The lowest BCUT2D eigenvalue weighted by atomic mass is 10.1. The van der Waals surface area contributed by atoms with E-state index in [1.165, 1.54) is 24.3 Å². The topological polar surface area (TPSA) is 52.9 Å². The Morgan fingerprint density at radius 2 is 2.32 bits per heavy atom. The standard InChI is InChI=1S/C14H14BrFN2O/c1-2-3-6-18-14(19)11(9-17)7-10-4-5-13(16)12(15)8-10/h4-5,7-8H,2-3,6H2,1H3,(H,18,19). The fraction of sp³-hybridized carbons (Fsp3) is 0.286. The van der Waals surface area contributed by atoms with Crippen molar-refractivity contribution in [1.82, 2.24) is 5.32 Å². The summed E-state index contributed by atoms with van der Waals surface area (Å²) in [6, 6.07) is 6.16. The van der Waals surface area contributed by atoms with Gasteiger partial charge in [0.05, 0.1) is 4.47 Å². The number of nitrogens with one attached hydrogen (secondary N) is 1. The zero-order valence-electron chi connectivity index (χ0n) is 10.5. The number of carbonyl (C=O) groups is 1. The number of amides is 1. The van der Waals surface area contributed by atoms with Gasteiger partial charge in [0.25, 0.3) is 5.91 Å². The minimum Gasteiger partial charge on any atom is -0.351 e. The van der Waals surface area contributed by atoms with Gasteiger partial charge >= 0.3 is 0 Å². The number of rotatable bonds is 5. The van der Waals surface area contributed by atoms with Crippen LogP contribution in [0.1, 0.15) is 25.3 Å². The van der Waals surface area contributed by atoms with E-state index in [0.29, 0.717) is 16.6 Å². The fourth-order valence-corrected chi connectivity index (χ4v) is 1.79. The molecule has 19 heavy (non-hydrogen) atoms. The van der Waals surface area contributed by atoms with Gasteiger partial charge in [0.15, 0.2) is 0 Å². The molecule has 0 bridgehead atoms. The number of nitriles is 1. The van der Waals surface area contributed by atoms with Gasteiger partial charge in [-0.2, -0.15) is 5.26 Å². The first kappa shape index (κ1) is 15.4. The first-order valence-electron chi connectivity index (χ1n) is 5.93. The van der Waals surface area contributed by atoms with Gasteiger partial charge in [0, 0.05) is 6.54 Å². The average Bonchev–Trinajstić information content (AvgIpc) is 2.40. The van der Waals surface area contributed by atoms with Crippen LogP contribution in [0.15, 0.2) is 28.2 Å². The molecule has 0 aliphatic heterocycles. The van der Waals surface area contributed by atoms with E-state index in [-0.39, 0.29) is 11.4 Å². The first-order valence-corrected chi connectivity index (χ1v) is 6.72.